The van der Waals surface area contributed by atoms with Crippen molar-refractivity contribution in [3.05, 3.63) is 57.6 Å². The Kier molecular flexibility index (Phi) is 4.70. The summed E-state index contributed by atoms with van der Waals surface area (Å²) in [5.41, 5.74) is 2.64. The summed E-state index contributed by atoms with van der Waals surface area (Å²) in [6.07, 6.45) is 0. The standard InChI is InChI=1S/C15H16BrNO3S/c1-10-3-4-12(9-18)8-15(10)21(19,20)17-13-5-6-14(16)11(2)7-13/h3-8,17-18H,9H2,1-2H3. The van der Waals surface area contributed by atoms with Gasteiger partial charge < -0.3 is 5.11 Å². The van der Waals surface area contributed by atoms with E-state index in [0.29, 0.717) is 16.8 Å². The van der Waals surface area contributed by atoms with Crippen molar-refractivity contribution in [1.29, 1.82) is 0 Å². The molecule has 0 amide bonds. The van der Waals surface area contributed by atoms with Gasteiger partial charge in [-0.3, -0.25) is 4.72 Å². The Labute approximate surface area is 133 Å². The average Bonchev–Trinajstić information content (AvgIpc) is 2.43. The van der Waals surface area contributed by atoms with E-state index in [9.17, 15) is 8.42 Å². The van der Waals surface area contributed by atoms with E-state index >= 15 is 0 Å². The van der Waals surface area contributed by atoms with Gasteiger partial charge in [-0.15, -0.1) is 0 Å². The monoisotopic (exact) mass is 369 g/mol. The molecular formula is C15H16BrNO3S. The van der Waals surface area contributed by atoms with Crippen molar-refractivity contribution >= 4 is 31.6 Å². The van der Waals surface area contributed by atoms with Crippen molar-refractivity contribution in [2.75, 3.05) is 4.72 Å². The van der Waals surface area contributed by atoms with E-state index in [2.05, 4.69) is 20.7 Å². The number of nitrogens with one attached hydrogen (secondary N) is 1. The van der Waals surface area contributed by atoms with Crippen LogP contribution in [0, 0.1) is 13.8 Å². The first-order valence-corrected chi connectivity index (χ1v) is 8.60. The predicted molar refractivity (Wildman–Crippen MR) is 86.8 cm³/mol. The lowest BCUT2D eigenvalue weighted by atomic mass is 10.2. The zero-order valence-electron chi connectivity index (χ0n) is 11.7. The van der Waals surface area contributed by atoms with Crippen LogP contribution in [0.4, 0.5) is 5.69 Å². The lowest BCUT2D eigenvalue weighted by molar-refractivity contribution is 0.281. The van der Waals surface area contributed by atoms with Gasteiger partial charge in [-0.25, -0.2) is 8.42 Å². The van der Waals surface area contributed by atoms with Crippen LogP contribution in [0.1, 0.15) is 16.7 Å². The molecule has 2 aromatic carbocycles. The number of aliphatic hydroxyl groups excluding tert-OH is 1. The SMILES string of the molecule is Cc1cc(NS(=O)(=O)c2cc(CO)ccc2C)ccc1Br. The number of rotatable bonds is 4. The van der Waals surface area contributed by atoms with Crippen molar-refractivity contribution < 1.29 is 13.5 Å². The zero-order chi connectivity index (χ0) is 15.6. The van der Waals surface area contributed by atoms with Gasteiger partial charge in [-0.05, 0) is 54.8 Å². The number of anilines is 1. The van der Waals surface area contributed by atoms with Gasteiger partial charge >= 0.3 is 0 Å². The van der Waals surface area contributed by atoms with Crippen LogP contribution in [0.2, 0.25) is 0 Å². The molecule has 0 aromatic heterocycles. The highest BCUT2D eigenvalue weighted by Gasteiger charge is 2.17. The third kappa shape index (κ3) is 3.64. The Morgan fingerprint density at radius 2 is 1.81 bits per heavy atom. The summed E-state index contributed by atoms with van der Waals surface area (Å²) in [6, 6.07) is 10.1. The van der Waals surface area contributed by atoms with Gasteiger partial charge in [0.1, 0.15) is 0 Å². The normalized spacial score (nSPS) is 11.4. The molecular weight excluding hydrogens is 354 g/mol. The molecule has 0 aliphatic rings. The summed E-state index contributed by atoms with van der Waals surface area (Å²) >= 11 is 3.38. The van der Waals surface area contributed by atoms with E-state index in [1.54, 1.807) is 37.3 Å². The molecule has 2 aromatic rings. The van der Waals surface area contributed by atoms with Gasteiger partial charge in [0.05, 0.1) is 11.5 Å². The number of benzene rings is 2. The molecule has 0 fully saturated rings. The molecule has 6 heteroatoms. The lowest BCUT2D eigenvalue weighted by Crippen LogP contribution is -2.14. The largest absolute Gasteiger partial charge is 0.392 e. The Morgan fingerprint density at radius 1 is 1.10 bits per heavy atom. The van der Waals surface area contributed by atoms with Crippen LogP contribution in [0.25, 0.3) is 0 Å². The molecule has 0 aliphatic heterocycles. The van der Waals surface area contributed by atoms with Crippen LogP contribution in [0.5, 0.6) is 0 Å². The number of halogens is 1. The van der Waals surface area contributed by atoms with Crippen molar-refractivity contribution in [2.45, 2.75) is 25.3 Å². The summed E-state index contributed by atoms with van der Waals surface area (Å²) in [4.78, 5) is 0.176. The van der Waals surface area contributed by atoms with E-state index in [0.717, 1.165) is 10.0 Å². The van der Waals surface area contributed by atoms with E-state index in [-0.39, 0.29) is 11.5 Å². The van der Waals surface area contributed by atoms with Gasteiger partial charge in [-0.2, -0.15) is 0 Å². The maximum atomic E-state index is 12.5. The van der Waals surface area contributed by atoms with Crippen molar-refractivity contribution in [2.24, 2.45) is 0 Å². The molecule has 2 rings (SSSR count). The quantitative estimate of drug-likeness (QED) is 0.867. The maximum Gasteiger partial charge on any atom is 0.262 e. The summed E-state index contributed by atoms with van der Waals surface area (Å²) in [5.74, 6) is 0. The molecule has 0 heterocycles. The number of sulfonamides is 1. The van der Waals surface area contributed by atoms with Crippen LogP contribution in [0.3, 0.4) is 0 Å². The van der Waals surface area contributed by atoms with E-state index in [1.807, 2.05) is 6.92 Å². The van der Waals surface area contributed by atoms with Gasteiger partial charge in [0.25, 0.3) is 10.0 Å². The third-order valence-electron chi connectivity index (χ3n) is 3.13. The van der Waals surface area contributed by atoms with Gasteiger partial charge in [0.2, 0.25) is 0 Å². The summed E-state index contributed by atoms with van der Waals surface area (Å²) < 4.78 is 28.4. The second-order valence-corrected chi connectivity index (χ2v) is 7.33. The summed E-state index contributed by atoms with van der Waals surface area (Å²) in [5, 5.41) is 9.15. The highest BCUT2D eigenvalue weighted by Crippen LogP contribution is 2.24. The topological polar surface area (TPSA) is 66.4 Å². The average molecular weight is 370 g/mol. The minimum Gasteiger partial charge on any atom is -0.392 e. The van der Waals surface area contributed by atoms with Gasteiger partial charge in [-0.1, -0.05) is 28.1 Å². The highest BCUT2D eigenvalue weighted by molar-refractivity contribution is 9.10. The Hall–Kier alpha value is -1.37. The number of hydrogen-bond acceptors (Lipinski definition) is 3. The molecule has 0 radical (unpaired) electrons. The van der Waals surface area contributed by atoms with Crippen LogP contribution < -0.4 is 4.72 Å². The van der Waals surface area contributed by atoms with Crippen LogP contribution in [-0.2, 0) is 16.6 Å². The Balaban J connectivity index is 2.40. The first-order chi connectivity index (χ1) is 9.83. The number of hydrogen-bond donors (Lipinski definition) is 2. The van der Waals surface area contributed by atoms with E-state index < -0.39 is 10.0 Å². The van der Waals surface area contributed by atoms with Crippen LogP contribution >= 0.6 is 15.9 Å². The van der Waals surface area contributed by atoms with Crippen molar-refractivity contribution in [3.8, 4) is 0 Å². The fraction of sp³-hybridized carbons (Fsp3) is 0.200. The Bertz CT molecular complexity index is 772. The molecule has 2 N–H and O–H groups in total. The molecule has 0 unspecified atom stereocenters. The molecule has 0 aliphatic carbocycles. The van der Waals surface area contributed by atoms with Crippen LogP contribution in [0.15, 0.2) is 45.8 Å². The molecule has 0 spiro atoms. The summed E-state index contributed by atoms with van der Waals surface area (Å²) in [6.45, 7) is 3.42. The fourth-order valence-electron chi connectivity index (χ4n) is 1.95. The van der Waals surface area contributed by atoms with Crippen molar-refractivity contribution in [1.82, 2.24) is 0 Å². The van der Waals surface area contributed by atoms with Crippen molar-refractivity contribution in [3.63, 3.8) is 0 Å². The molecule has 0 saturated carbocycles. The minimum absolute atomic E-state index is 0.176. The molecule has 0 bridgehead atoms. The Morgan fingerprint density at radius 3 is 2.43 bits per heavy atom. The highest BCUT2D eigenvalue weighted by atomic mass is 79.9. The van der Waals surface area contributed by atoms with E-state index in [1.165, 1.54) is 6.07 Å². The first kappa shape index (κ1) is 16.0. The predicted octanol–water partition coefficient (Wildman–Crippen LogP) is 3.36. The third-order valence-corrected chi connectivity index (χ3v) is 5.55. The fourth-order valence-corrected chi connectivity index (χ4v) is 3.54. The summed E-state index contributed by atoms with van der Waals surface area (Å²) in [7, 11) is -3.68. The van der Waals surface area contributed by atoms with Crippen LogP contribution in [-0.4, -0.2) is 13.5 Å². The van der Waals surface area contributed by atoms with Gasteiger partial charge in [0.15, 0.2) is 0 Å². The number of aliphatic hydroxyl groups is 1. The second kappa shape index (κ2) is 6.17. The molecule has 112 valence electrons. The second-order valence-electron chi connectivity index (χ2n) is 4.83. The lowest BCUT2D eigenvalue weighted by Gasteiger charge is -2.12. The van der Waals surface area contributed by atoms with Gasteiger partial charge in [0, 0.05) is 10.2 Å². The zero-order valence-corrected chi connectivity index (χ0v) is 14.1. The molecule has 0 saturated heterocycles. The van der Waals surface area contributed by atoms with E-state index in [4.69, 9.17) is 5.11 Å². The maximum absolute atomic E-state index is 12.5. The number of aryl methyl sites for hydroxylation is 2. The minimum atomic E-state index is -3.68. The molecule has 4 nitrogen and oxygen atoms in total. The molecule has 21 heavy (non-hydrogen) atoms. The smallest absolute Gasteiger partial charge is 0.262 e. The first-order valence-electron chi connectivity index (χ1n) is 6.33. The molecule has 0 atom stereocenters.